The van der Waals surface area contributed by atoms with Gasteiger partial charge in [0, 0.05) is 18.9 Å². The van der Waals surface area contributed by atoms with Crippen molar-refractivity contribution in [3.05, 3.63) is 71.8 Å². The third-order valence-corrected chi connectivity index (χ3v) is 4.17. The van der Waals surface area contributed by atoms with E-state index in [1.54, 1.807) is 0 Å². The second-order valence-electron chi connectivity index (χ2n) is 5.84. The number of hydrogen-bond donors (Lipinski definition) is 1. The average molecular weight is 295 g/mol. The van der Waals surface area contributed by atoms with Crippen molar-refractivity contribution in [1.82, 2.24) is 5.32 Å². The quantitative estimate of drug-likeness (QED) is 0.801. The predicted molar refractivity (Wildman–Crippen MR) is 92.0 cm³/mol. The Bertz CT molecular complexity index is 565. The Kier molecular flexibility index (Phi) is 6.20. The number of amides is 1. The lowest BCUT2D eigenvalue weighted by molar-refractivity contribution is -0.121. The van der Waals surface area contributed by atoms with Gasteiger partial charge in [0.25, 0.3) is 0 Å². The van der Waals surface area contributed by atoms with Gasteiger partial charge in [-0.2, -0.15) is 0 Å². The van der Waals surface area contributed by atoms with E-state index in [0.717, 1.165) is 6.42 Å². The lowest BCUT2D eigenvalue weighted by atomic mass is 9.95. The van der Waals surface area contributed by atoms with Gasteiger partial charge in [0.15, 0.2) is 0 Å². The van der Waals surface area contributed by atoms with Crippen LogP contribution in [0.5, 0.6) is 0 Å². The molecule has 0 saturated heterocycles. The second-order valence-corrected chi connectivity index (χ2v) is 5.84. The molecular weight excluding hydrogens is 270 g/mol. The summed E-state index contributed by atoms with van der Waals surface area (Å²) in [6.07, 6.45) is 1.56. The number of rotatable bonds is 7. The molecule has 0 aliphatic rings. The van der Waals surface area contributed by atoms with Crippen LogP contribution in [-0.4, -0.2) is 12.5 Å². The fourth-order valence-corrected chi connectivity index (χ4v) is 2.71. The van der Waals surface area contributed by atoms with E-state index >= 15 is 0 Å². The smallest absolute Gasteiger partial charge is 0.220 e. The fourth-order valence-electron chi connectivity index (χ4n) is 2.71. The van der Waals surface area contributed by atoms with Crippen molar-refractivity contribution in [3.8, 4) is 0 Å². The molecule has 2 unspecified atom stereocenters. The molecule has 2 heteroatoms. The zero-order valence-electron chi connectivity index (χ0n) is 13.5. The lowest BCUT2D eigenvalue weighted by Crippen LogP contribution is -2.29. The molecule has 2 nitrogen and oxygen atoms in total. The normalized spacial score (nSPS) is 13.4. The van der Waals surface area contributed by atoms with E-state index in [-0.39, 0.29) is 11.8 Å². The highest BCUT2D eigenvalue weighted by molar-refractivity contribution is 5.76. The first kappa shape index (κ1) is 16.3. The molecule has 0 aliphatic heterocycles. The molecule has 0 aliphatic carbocycles. The molecule has 0 saturated carbocycles. The first-order chi connectivity index (χ1) is 10.7. The van der Waals surface area contributed by atoms with E-state index in [1.165, 1.54) is 11.1 Å². The fraction of sp³-hybridized carbons (Fsp3) is 0.350. The summed E-state index contributed by atoms with van der Waals surface area (Å²) in [5.74, 6) is 0.765. The van der Waals surface area contributed by atoms with Crippen LogP contribution in [0.3, 0.4) is 0 Å². The monoisotopic (exact) mass is 295 g/mol. The highest BCUT2D eigenvalue weighted by Crippen LogP contribution is 2.20. The van der Waals surface area contributed by atoms with Crippen LogP contribution in [0.25, 0.3) is 0 Å². The number of nitrogens with one attached hydrogen (secondary N) is 1. The number of benzene rings is 2. The van der Waals surface area contributed by atoms with Crippen LogP contribution in [0.4, 0.5) is 0 Å². The average Bonchev–Trinajstić information content (AvgIpc) is 2.57. The Balaban J connectivity index is 1.84. The Labute approximate surface area is 133 Å². The van der Waals surface area contributed by atoms with Gasteiger partial charge in [0.1, 0.15) is 0 Å². The summed E-state index contributed by atoms with van der Waals surface area (Å²) in [4.78, 5) is 12.2. The summed E-state index contributed by atoms with van der Waals surface area (Å²) >= 11 is 0. The molecule has 0 spiro atoms. The topological polar surface area (TPSA) is 29.1 Å². The van der Waals surface area contributed by atoms with E-state index in [2.05, 4.69) is 55.6 Å². The Morgan fingerprint density at radius 2 is 1.50 bits per heavy atom. The summed E-state index contributed by atoms with van der Waals surface area (Å²) in [5.41, 5.74) is 2.51. The van der Waals surface area contributed by atoms with Gasteiger partial charge >= 0.3 is 0 Å². The molecule has 0 fully saturated rings. The molecule has 2 rings (SSSR count). The van der Waals surface area contributed by atoms with Gasteiger partial charge in [0.2, 0.25) is 5.91 Å². The zero-order chi connectivity index (χ0) is 15.8. The standard InChI is InChI=1S/C20H25NO/c1-3-17(19-12-8-5-9-13-19)15-21-20(22)14-16(2)18-10-6-4-7-11-18/h4-13,16-17H,3,14-15H2,1-2H3,(H,21,22). The van der Waals surface area contributed by atoms with Crippen LogP contribution in [0.2, 0.25) is 0 Å². The Morgan fingerprint density at radius 1 is 0.955 bits per heavy atom. The molecular formula is C20H25NO. The maximum absolute atomic E-state index is 12.2. The summed E-state index contributed by atoms with van der Waals surface area (Å²) < 4.78 is 0. The predicted octanol–water partition coefficient (Wildman–Crippen LogP) is 4.49. The maximum atomic E-state index is 12.2. The molecule has 2 aromatic carbocycles. The third-order valence-electron chi connectivity index (χ3n) is 4.17. The molecule has 1 N–H and O–H groups in total. The summed E-state index contributed by atoms with van der Waals surface area (Å²) in [5, 5.41) is 3.09. The van der Waals surface area contributed by atoms with Gasteiger partial charge in [-0.25, -0.2) is 0 Å². The molecule has 22 heavy (non-hydrogen) atoms. The molecule has 0 heterocycles. The van der Waals surface area contributed by atoms with Crippen LogP contribution >= 0.6 is 0 Å². The molecule has 0 radical (unpaired) electrons. The van der Waals surface area contributed by atoms with E-state index < -0.39 is 0 Å². The molecule has 2 aromatic rings. The van der Waals surface area contributed by atoms with Crippen LogP contribution in [0.1, 0.15) is 49.7 Å². The van der Waals surface area contributed by atoms with E-state index in [4.69, 9.17) is 0 Å². The summed E-state index contributed by atoms with van der Waals surface area (Å²) in [6, 6.07) is 20.6. The molecule has 2 atom stereocenters. The Hall–Kier alpha value is -2.09. The van der Waals surface area contributed by atoms with Crippen LogP contribution in [0, 0.1) is 0 Å². The molecule has 0 bridgehead atoms. The van der Waals surface area contributed by atoms with Gasteiger partial charge < -0.3 is 5.32 Å². The van der Waals surface area contributed by atoms with Crippen LogP contribution in [0.15, 0.2) is 60.7 Å². The SMILES string of the molecule is CCC(CNC(=O)CC(C)c1ccccc1)c1ccccc1. The van der Waals surface area contributed by atoms with E-state index in [9.17, 15) is 4.79 Å². The minimum Gasteiger partial charge on any atom is -0.355 e. The van der Waals surface area contributed by atoms with Crippen molar-refractivity contribution < 1.29 is 4.79 Å². The van der Waals surface area contributed by atoms with Crippen LogP contribution in [-0.2, 0) is 4.79 Å². The largest absolute Gasteiger partial charge is 0.355 e. The minimum atomic E-state index is 0.130. The van der Waals surface area contributed by atoms with Gasteiger partial charge in [0.05, 0.1) is 0 Å². The van der Waals surface area contributed by atoms with Crippen molar-refractivity contribution >= 4 is 5.91 Å². The Morgan fingerprint density at radius 3 is 2.05 bits per heavy atom. The minimum absolute atomic E-state index is 0.130. The molecule has 1 amide bonds. The number of hydrogen-bond acceptors (Lipinski definition) is 1. The zero-order valence-corrected chi connectivity index (χ0v) is 13.5. The van der Waals surface area contributed by atoms with Gasteiger partial charge in [-0.1, -0.05) is 74.5 Å². The lowest BCUT2D eigenvalue weighted by Gasteiger charge is -2.17. The van der Waals surface area contributed by atoms with Crippen molar-refractivity contribution in [2.24, 2.45) is 0 Å². The first-order valence-corrected chi connectivity index (χ1v) is 8.07. The first-order valence-electron chi connectivity index (χ1n) is 8.07. The molecule has 0 aromatic heterocycles. The second kappa shape index (κ2) is 8.38. The van der Waals surface area contributed by atoms with Gasteiger partial charge in [-0.15, -0.1) is 0 Å². The highest BCUT2D eigenvalue weighted by Gasteiger charge is 2.13. The molecule has 116 valence electrons. The van der Waals surface area contributed by atoms with Crippen molar-refractivity contribution in [2.45, 2.75) is 38.5 Å². The van der Waals surface area contributed by atoms with Crippen molar-refractivity contribution in [3.63, 3.8) is 0 Å². The van der Waals surface area contributed by atoms with Crippen molar-refractivity contribution in [2.75, 3.05) is 6.54 Å². The number of carbonyl (C=O) groups excluding carboxylic acids is 1. The maximum Gasteiger partial charge on any atom is 0.220 e. The van der Waals surface area contributed by atoms with Gasteiger partial charge in [-0.05, 0) is 23.5 Å². The summed E-state index contributed by atoms with van der Waals surface area (Å²) in [7, 11) is 0. The van der Waals surface area contributed by atoms with Crippen LogP contribution < -0.4 is 5.32 Å². The highest BCUT2D eigenvalue weighted by atomic mass is 16.1. The number of carbonyl (C=O) groups is 1. The summed E-state index contributed by atoms with van der Waals surface area (Å²) in [6.45, 7) is 4.97. The van der Waals surface area contributed by atoms with E-state index in [1.807, 2.05) is 24.3 Å². The third kappa shape index (κ3) is 4.73. The van der Waals surface area contributed by atoms with E-state index in [0.29, 0.717) is 18.9 Å². The van der Waals surface area contributed by atoms with Gasteiger partial charge in [-0.3, -0.25) is 4.79 Å². The van der Waals surface area contributed by atoms with Crippen molar-refractivity contribution in [1.29, 1.82) is 0 Å².